The van der Waals surface area contributed by atoms with Crippen molar-refractivity contribution in [3.05, 3.63) is 0 Å². The third kappa shape index (κ3) is 5.91. The van der Waals surface area contributed by atoms with E-state index < -0.39 is 0 Å². The second kappa shape index (κ2) is 6.15. The van der Waals surface area contributed by atoms with E-state index in [0.29, 0.717) is 10.9 Å². The zero-order chi connectivity index (χ0) is 6.57. The van der Waals surface area contributed by atoms with E-state index in [1.165, 1.54) is 0 Å². The standard InChI is InChI=1S/C4H9NOS2.H3N/c1-5(2-3-6)4(7)8;/h6H,2-3H2,1H3,(H,7,8);1H3. The maximum atomic E-state index is 8.34. The number of likely N-dealkylation sites (N-methyl/N-ethyl adjacent to an activating group) is 1. The molecule has 0 fully saturated rings. The van der Waals surface area contributed by atoms with Crippen LogP contribution in [-0.2, 0) is 12.6 Å². The number of hydrogen-bond donors (Lipinski definition) is 2. The van der Waals surface area contributed by atoms with Crippen molar-refractivity contribution in [3.63, 3.8) is 0 Å². The van der Waals surface area contributed by atoms with Gasteiger partial charge in [0.15, 0.2) is 0 Å². The van der Waals surface area contributed by atoms with Gasteiger partial charge in [-0.3, -0.25) is 0 Å². The Morgan fingerprint density at radius 2 is 2.22 bits per heavy atom. The van der Waals surface area contributed by atoms with Crippen LogP contribution >= 0.6 is 12.2 Å². The van der Waals surface area contributed by atoms with Crippen molar-refractivity contribution in [2.24, 2.45) is 0 Å². The van der Waals surface area contributed by atoms with E-state index in [9.17, 15) is 0 Å². The maximum absolute atomic E-state index is 8.34. The molecule has 0 aromatic rings. The van der Waals surface area contributed by atoms with Gasteiger partial charge in [0.05, 0.1) is 6.61 Å². The quantitative estimate of drug-likeness (QED) is 0.454. The molecule has 0 bridgehead atoms. The normalized spacial score (nSPS) is 7.78. The van der Waals surface area contributed by atoms with E-state index >= 15 is 0 Å². The van der Waals surface area contributed by atoms with Crippen LogP contribution in [0.1, 0.15) is 0 Å². The molecule has 0 aromatic carbocycles. The van der Waals surface area contributed by atoms with Crippen LogP contribution in [0.2, 0.25) is 0 Å². The molecular weight excluding hydrogens is 156 g/mol. The molecule has 0 amide bonds. The van der Waals surface area contributed by atoms with E-state index in [0.717, 1.165) is 0 Å². The maximum Gasteiger partial charge on any atom is 0.0605 e. The van der Waals surface area contributed by atoms with Crippen molar-refractivity contribution < 1.29 is 5.11 Å². The molecule has 5 N–H and O–H groups in total. The Labute approximate surface area is 66.0 Å². The fourth-order valence-electron chi connectivity index (χ4n) is 0.241. The molecule has 0 aromatic heterocycles. The fourth-order valence-corrected chi connectivity index (χ4v) is 0.424. The Morgan fingerprint density at radius 1 is 1.78 bits per heavy atom. The summed E-state index contributed by atoms with van der Waals surface area (Å²) in [5, 5.41) is 8.34. The number of thiocarbonyl (C=S) groups is 1. The van der Waals surface area contributed by atoms with Crippen LogP contribution in [0.15, 0.2) is 0 Å². The van der Waals surface area contributed by atoms with E-state index in [1.54, 1.807) is 11.9 Å². The first kappa shape index (κ1) is 11.8. The molecule has 0 atom stereocenters. The average molecular weight is 168 g/mol. The molecule has 0 unspecified atom stereocenters. The van der Waals surface area contributed by atoms with Crippen LogP contribution in [0, 0.1) is 0 Å². The Morgan fingerprint density at radius 3 is 2.33 bits per heavy atom. The topological polar surface area (TPSA) is 60.0 Å². The minimum Gasteiger partial charge on any atom is -0.411 e. The number of aliphatic hydroxyl groups excluding tert-OH is 1. The van der Waals surface area contributed by atoms with Crippen molar-refractivity contribution in [2.75, 3.05) is 20.2 Å². The van der Waals surface area contributed by atoms with E-state index in [2.05, 4.69) is 24.8 Å². The SMILES string of the molecule is CN(CCO)C(=S)[S-].[NH4+]. The molecule has 0 saturated heterocycles. The van der Waals surface area contributed by atoms with Gasteiger partial charge < -0.3 is 41.0 Å². The molecule has 0 rings (SSSR count). The molecule has 0 saturated carbocycles. The smallest absolute Gasteiger partial charge is 0.0605 e. The van der Waals surface area contributed by atoms with Crippen molar-refractivity contribution in [1.82, 2.24) is 11.1 Å². The number of hydrogen-bond acceptors (Lipinski definition) is 3. The highest BCUT2D eigenvalue weighted by molar-refractivity contribution is 8.00. The molecule has 0 aliphatic heterocycles. The summed E-state index contributed by atoms with van der Waals surface area (Å²) in [7, 11) is 1.76. The first-order valence-electron chi connectivity index (χ1n) is 2.21. The first-order valence-corrected chi connectivity index (χ1v) is 3.03. The lowest BCUT2D eigenvalue weighted by molar-refractivity contribution is 0.266. The summed E-state index contributed by atoms with van der Waals surface area (Å²) in [5.41, 5.74) is 0. The Balaban J connectivity index is 0. The molecule has 56 valence electrons. The molecule has 0 heterocycles. The molecule has 3 nitrogen and oxygen atoms in total. The van der Waals surface area contributed by atoms with Gasteiger partial charge in [0.2, 0.25) is 0 Å². The minimum absolute atomic E-state index is 0. The molecule has 9 heavy (non-hydrogen) atoms. The largest absolute Gasteiger partial charge is 0.411 e. The molecular formula is C4H12N2OS2. The summed E-state index contributed by atoms with van der Waals surface area (Å²) in [4.78, 5) is 1.64. The monoisotopic (exact) mass is 168 g/mol. The fraction of sp³-hybridized carbons (Fsp3) is 0.750. The predicted octanol–water partition coefficient (Wildman–Crippen LogP) is 0.118. The van der Waals surface area contributed by atoms with Crippen LogP contribution in [-0.4, -0.2) is 34.5 Å². The lowest BCUT2D eigenvalue weighted by Crippen LogP contribution is -2.25. The average Bonchev–Trinajstić information content (AvgIpc) is 1.67. The Hall–Kier alpha value is 0.0300. The van der Waals surface area contributed by atoms with Gasteiger partial charge in [0, 0.05) is 13.6 Å². The van der Waals surface area contributed by atoms with Gasteiger partial charge in [-0.15, -0.1) is 0 Å². The first-order chi connectivity index (χ1) is 3.68. The summed E-state index contributed by atoms with van der Waals surface area (Å²) in [5.74, 6) is 0. The van der Waals surface area contributed by atoms with Gasteiger partial charge in [-0.25, -0.2) is 0 Å². The Kier molecular flexibility index (Phi) is 8.06. The van der Waals surface area contributed by atoms with Crippen molar-refractivity contribution in [2.45, 2.75) is 0 Å². The van der Waals surface area contributed by atoms with Gasteiger partial charge >= 0.3 is 0 Å². The summed E-state index contributed by atoms with van der Waals surface area (Å²) >= 11 is 9.23. The van der Waals surface area contributed by atoms with Crippen LogP contribution < -0.4 is 6.15 Å². The number of nitrogens with zero attached hydrogens (tertiary/aromatic N) is 1. The number of rotatable bonds is 2. The lowest BCUT2D eigenvalue weighted by atomic mass is 10.6. The number of aliphatic hydroxyl groups is 1. The van der Waals surface area contributed by atoms with Crippen molar-refractivity contribution in [1.29, 1.82) is 0 Å². The molecule has 5 heteroatoms. The van der Waals surface area contributed by atoms with E-state index in [-0.39, 0.29) is 12.8 Å². The zero-order valence-electron chi connectivity index (χ0n) is 5.63. The van der Waals surface area contributed by atoms with Crippen LogP contribution in [0.3, 0.4) is 0 Å². The van der Waals surface area contributed by atoms with Gasteiger partial charge in [-0.1, -0.05) is 4.32 Å². The van der Waals surface area contributed by atoms with Crippen LogP contribution in [0.25, 0.3) is 0 Å². The summed E-state index contributed by atoms with van der Waals surface area (Å²) < 4.78 is 0.402. The van der Waals surface area contributed by atoms with Gasteiger partial charge in [0.1, 0.15) is 0 Å². The highest BCUT2D eigenvalue weighted by atomic mass is 32.1. The highest BCUT2D eigenvalue weighted by Crippen LogP contribution is 1.82. The van der Waals surface area contributed by atoms with Crippen LogP contribution in [0.5, 0.6) is 0 Å². The van der Waals surface area contributed by atoms with Gasteiger partial charge in [-0.05, 0) is 0 Å². The third-order valence-electron chi connectivity index (χ3n) is 0.747. The zero-order valence-corrected chi connectivity index (χ0v) is 7.26. The van der Waals surface area contributed by atoms with Crippen molar-refractivity contribution in [3.8, 4) is 0 Å². The second-order valence-corrected chi connectivity index (χ2v) is 2.44. The lowest BCUT2D eigenvalue weighted by Gasteiger charge is -2.21. The molecule has 0 aliphatic rings. The summed E-state index contributed by atoms with van der Waals surface area (Å²) in [6, 6.07) is 0. The summed E-state index contributed by atoms with van der Waals surface area (Å²) in [6.07, 6.45) is 0. The molecule has 0 spiro atoms. The second-order valence-electron chi connectivity index (χ2n) is 1.41. The molecule has 0 aliphatic carbocycles. The van der Waals surface area contributed by atoms with Gasteiger partial charge in [-0.2, -0.15) is 0 Å². The predicted molar refractivity (Wildman–Crippen MR) is 45.7 cm³/mol. The van der Waals surface area contributed by atoms with E-state index in [4.69, 9.17) is 5.11 Å². The van der Waals surface area contributed by atoms with Gasteiger partial charge in [0.25, 0.3) is 0 Å². The highest BCUT2D eigenvalue weighted by Gasteiger charge is 1.86. The van der Waals surface area contributed by atoms with Crippen molar-refractivity contribution >= 4 is 29.2 Å². The van der Waals surface area contributed by atoms with Crippen LogP contribution in [0.4, 0.5) is 0 Å². The van der Waals surface area contributed by atoms with E-state index in [1.807, 2.05) is 0 Å². The summed E-state index contributed by atoms with van der Waals surface area (Å²) in [6.45, 7) is 0.635. The third-order valence-corrected chi connectivity index (χ3v) is 1.37. The number of quaternary nitrogens is 1. The Bertz CT molecular complexity index is 88.6. The molecule has 0 radical (unpaired) electrons. The minimum atomic E-state index is 0.